The summed E-state index contributed by atoms with van der Waals surface area (Å²) in [7, 11) is 0. The Kier molecular flexibility index (Phi) is 4.70. The summed E-state index contributed by atoms with van der Waals surface area (Å²) in [6.07, 6.45) is 1.82. The average molecular weight is 287 g/mol. The first kappa shape index (κ1) is 15.2. The fourth-order valence-corrected chi connectivity index (χ4v) is 1.84. The van der Waals surface area contributed by atoms with E-state index in [1.54, 1.807) is 4.68 Å². The molecule has 0 bridgehead atoms. The van der Waals surface area contributed by atoms with Gasteiger partial charge in [0.05, 0.1) is 17.9 Å². The topological polar surface area (TPSA) is 85.8 Å². The number of amides is 1. The molecule has 0 saturated carbocycles. The Morgan fingerprint density at radius 1 is 1.24 bits per heavy atom. The minimum Gasteiger partial charge on any atom is -0.348 e. The summed E-state index contributed by atoms with van der Waals surface area (Å²) in [4.78, 5) is 12.0. The molecule has 21 heavy (non-hydrogen) atoms. The number of hydrogen-bond donors (Lipinski definition) is 2. The normalized spacial score (nSPS) is 15.2. The molecule has 6 heteroatoms. The van der Waals surface area contributed by atoms with Crippen molar-refractivity contribution in [3.8, 4) is 5.69 Å². The van der Waals surface area contributed by atoms with Crippen LogP contribution in [0, 0.1) is 5.92 Å². The monoisotopic (exact) mass is 287 g/mol. The first-order chi connectivity index (χ1) is 9.99. The minimum atomic E-state index is -0.239. The Morgan fingerprint density at radius 3 is 2.52 bits per heavy atom. The lowest BCUT2D eigenvalue weighted by Crippen LogP contribution is -2.39. The average Bonchev–Trinajstić information content (AvgIpc) is 2.97. The van der Waals surface area contributed by atoms with Gasteiger partial charge in [-0.1, -0.05) is 30.3 Å². The van der Waals surface area contributed by atoms with Gasteiger partial charge in [0.1, 0.15) is 5.69 Å². The maximum absolute atomic E-state index is 12.0. The summed E-state index contributed by atoms with van der Waals surface area (Å²) in [6, 6.07) is 9.31. The Hall–Kier alpha value is -2.21. The molecule has 0 aliphatic heterocycles. The highest BCUT2D eigenvalue weighted by Crippen LogP contribution is 2.13. The molecule has 0 fully saturated rings. The number of nitrogens with one attached hydrogen (secondary N) is 1. The standard InChI is InChI=1S/C15H21N5O/c1-10(11(2)16)15(21)17-12(3)14-9-20(19-18-14)13-7-5-4-6-8-13/h4-12H,16H2,1-3H3,(H,17,21). The summed E-state index contributed by atoms with van der Waals surface area (Å²) in [5.41, 5.74) is 7.38. The van der Waals surface area contributed by atoms with Gasteiger partial charge >= 0.3 is 0 Å². The van der Waals surface area contributed by atoms with Gasteiger partial charge in [0.15, 0.2) is 0 Å². The van der Waals surface area contributed by atoms with Gasteiger partial charge in [0.2, 0.25) is 5.91 Å². The summed E-state index contributed by atoms with van der Waals surface area (Å²) >= 11 is 0. The number of benzene rings is 1. The van der Waals surface area contributed by atoms with E-state index in [4.69, 9.17) is 5.73 Å². The predicted molar refractivity (Wildman–Crippen MR) is 80.7 cm³/mol. The first-order valence-corrected chi connectivity index (χ1v) is 7.02. The third-order valence-electron chi connectivity index (χ3n) is 3.54. The van der Waals surface area contributed by atoms with E-state index in [9.17, 15) is 4.79 Å². The van der Waals surface area contributed by atoms with E-state index in [-0.39, 0.29) is 23.9 Å². The predicted octanol–water partition coefficient (Wildman–Crippen LogP) is 1.43. The van der Waals surface area contributed by atoms with E-state index in [1.807, 2.05) is 57.3 Å². The third kappa shape index (κ3) is 3.66. The first-order valence-electron chi connectivity index (χ1n) is 7.02. The van der Waals surface area contributed by atoms with E-state index >= 15 is 0 Å². The third-order valence-corrected chi connectivity index (χ3v) is 3.54. The molecule has 2 aromatic rings. The van der Waals surface area contributed by atoms with Crippen LogP contribution in [0.5, 0.6) is 0 Å². The van der Waals surface area contributed by atoms with Crippen molar-refractivity contribution in [2.45, 2.75) is 32.9 Å². The molecule has 112 valence electrons. The molecule has 0 aliphatic carbocycles. The van der Waals surface area contributed by atoms with Crippen LogP contribution in [-0.4, -0.2) is 26.9 Å². The van der Waals surface area contributed by atoms with E-state index in [0.29, 0.717) is 5.69 Å². The molecule has 1 heterocycles. The lowest BCUT2D eigenvalue weighted by molar-refractivity contribution is -0.125. The van der Waals surface area contributed by atoms with E-state index in [1.165, 1.54) is 0 Å². The zero-order valence-electron chi connectivity index (χ0n) is 12.5. The van der Waals surface area contributed by atoms with E-state index < -0.39 is 0 Å². The number of hydrogen-bond acceptors (Lipinski definition) is 4. The highest BCUT2D eigenvalue weighted by atomic mass is 16.2. The van der Waals surface area contributed by atoms with Crippen LogP contribution in [0.15, 0.2) is 36.5 Å². The van der Waals surface area contributed by atoms with Crippen molar-refractivity contribution in [2.75, 3.05) is 0 Å². The van der Waals surface area contributed by atoms with Crippen molar-refractivity contribution < 1.29 is 4.79 Å². The molecule has 6 nitrogen and oxygen atoms in total. The molecule has 0 aliphatic rings. The van der Waals surface area contributed by atoms with Crippen LogP contribution in [0.25, 0.3) is 5.69 Å². The van der Waals surface area contributed by atoms with Crippen molar-refractivity contribution in [3.05, 3.63) is 42.2 Å². The molecule has 3 unspecified atom stereocenters. The number of carbonyl (C=O) groups is 1. The Labute approximate surface area is 124 Å². The van der Waals surface area contributed by atoms with Gasteiger partial charge in [0, 0.05) is 12.0 Å². The SMILES string of the molecule is CC(NC(=O)C(C)C(C)N)c1cn(-c2ccccc2)nn1. The fraction of sp³-hybridized carbons (Fsp3) is 0.400. The van der Waals surface area contributed by atoms with Crippen molar-refractivity contribution in [3.63, 3.8) is 0 Å². The van der Waals surface area contributed by atoms with Crippen molar-refractivity contribution in [1.82, 2.24) is 20.3 Å². The quantitative estimate of drug-likeness (QED) is 0.871. The lowest BCUT2D eigenvalue weighted by Gasteiger charge is -2.18. The van der Waals surface area contributed by atoms with Gasteiger partial charge in [-0.25, -0.2) is 4.68 Å². The number of nitrogens with two attached hydrogens (primary N) is 1. The molecule has 0 spiro atoms. The second kappa shape index (κ2) is 6.49. The van der Waals surface area contributed by atoms with Crippen LogP contribution in [0.1, 0.15) is 32.5 Å². The van der Waals surface area contributed by atoms with Gasteiger partial charge < -0.3 is 11.1 Å². The molecule has 2 rings (SSSR count). The van der Waals surface area contributed by atoms with Gasteiger partial charge in [0.25, 0.3) is 0 Å². The summed E-state index contributed by atoms with van der Waals surface area (Å²) < 4.78 is 1.69. The second-order valence-electron chi connectivity index (χ2n) is 5.30. The second-order valence-corrected chi connectivity index (χ2v) is 5.30. The Balaban J connectivity index is 2.06. The smallest absolute Gasteiger partial charge is 0.224 e. The molecule has 1 aromatic carbocycles. The molecular formula is C15H21N5O. The molecule has 3 atom stereocenters. The molecule has 1 aromatic heterocycles. The van der Waals surface area contributed by atoms with Crippen LogP contribution in [0.2, 0.25) is 0 Å². The van der Waals surface area contributed by atoms with Crippen molar-refractivity contribution >= 4 is 5.91 Å². The van der Waals surface area contributed by atoms with Crippen LogP contribution < -0.4 is 11.1 Å². The minimum absolute atomic E-state index is 0.0771. The molecule has 3 N–H and O–H groups in total. The number of aromatic nitrogens is 3. The Morgan fingerprint density at radius 2 is 1.90 bits per heavy atom. The molecule has 0 radical (unpaired) electrons. The van der Waals surface area contributed by atoms with E-state index in [0.717, 1.165) is 5.69 Å². The van der Waals surface area contributed by atoms with Gasteiger partial charge in [-0.3, -0.25) is 4.79 Å². The van der Waals surface area contributed by atoms with Crippen LogP contribution in [0.3, 0.4) is 0 Å². The zero-order chi connectivity index (χ0) is 15.4. The van der Waals surface area contributed by atoms with Crippen molar-refractivity contribution in [2.24, 2.45) is 11.7 Å². The highest BCUT2D eigenvalue weighted by molar-refractivity contribution is 5.79. The van der Waals surface area contributed by atoms with Crippen LogP contribution >= 0.6 is 0 Å². The maximum Gasteiger partial charge on any atom is 0.224 e. The number of para-hydroxylation sites is 1. The van der Waals surface area contributed by atoms with Gasteiger partial charge in [-0.15, -0.1) is 5.10 Å². The number of nitrogens with zero attached hydrogens (tertiary/aromatic N) is 3. The maximum atomic E-state index is 12.0. The zero-order valence-corrected chi connectivity index (χ0v) is 12.5. The van der Waals surface area contributed by atoms with Crippen LogP contribution in [0.4, 0.5) is 0 Å². The summed E-state index contributed by atoms with van der Waals surface area (Å²) in [6.45, 7) is 5.51. The van der Waals surface area contributed by atoms with Gasteiger partial charge in [-0.05, 0) is 26.0 Å². The fourth-order valence-electron chi connectivity index (χ4n) is 1.84. The van der Waals surface area contributed by atoms with E-state index in [2.05, 4.69) is 15.6 Å². The molecular weight excluding hydrogens is 266 g/mol. The van der Waals surface area contributed by atoms with Crippen molar-refractivity contribution in [1.29, 1.82) is 0 Å². The number of rotatable bonds is 5. The highest BCUT2D eigenvalue weighted by Gasteiger charge is 2.20. The lowest BCUT2D eigenvalue weighted by atomic mass is 10.0. The molecule has 1 amide bonds. The summed E-state index contributed by atoms with van der Waals surface area (Å²) in [5.74, 6) is -0.316. The van der Waals surface area contributed by atoms with Gasteiger partial charge in [-0.2, -0.15) is 0 Å². The molecule has 0 saturated heterocycles. The Bertz CT molecular complexity index is 593. The van der Waals surface area contributed by atoms with Crippen LogP contribution in [-0.2, 0) is 4.79 Å². The largest absolute Gasteiger partial charge is 0.348 e. The summed E-state index contributed by atoms with van der Waals surface area (Å²) in [5, 5.41) is 11.1. The number of carbonyl (C=O) groups excluding carboxylic acids is 1.